The van der Waals surface area contributed by atoms with Crippen molar-refractivity contribution in [3.8, 4) is 5.75 Å². The van der Waals surface area contributed by atoms with Gasteiger partial charge in [-0.3, -0.25) is 20.4 Å². The number of amides is 2. The van der Waals surface area contributed by atoms with Crippen LogP contribution in [0.2, 0.25) is 0 Å². The number of halogens is 1. The van der Waals surface area contributed by atoms with Crippen molar-refractivity contribution in [1.82, 2.24) is 15.4 Å². The molecule has 0 radical (unpaired) electrons. The number of nitrogens with one attached hydrogen (secondary N) is 2. The lowest BCUT2D eigenvalue weighted by Crippen LogP contribution is -2.42. The number of hydrazine groups is 1. The predicted molar refractivity (Wildman–Crippen MR) is 97.5 cm³/mol. The number of hydrogen-bond donors (Lipinski definition) is 2. The van der Waals surface area contributed by atoms with Crippen molar-refractivity contribution in [3.05, 3.63) is 89.5 Å². The minimum absolute atomic E-state index is 0.181. The van der Waals surface area contributed by atoms with Crippen LogP contribution in [-0.2, 0) is 13.7 Å². The highest BCUT2D eigenvalue weighted by Gasteiger charge is 2.14. The first kappa shape index (κ1) is 18.2. The standard InChI is InChI=1S/C20H18FN3O3/c1-24-12-4-6-17(24)20(26)23-22-19(25)16-5-2-3-7-18(16)27-13-14-8-10-15(21)11-9-14/h2-12H,13H2,1H3,(H,22,25)(H,23,26). The fraction of sp³-hybridized carbons (Fsp3) is 0.100. The Balaban J connectivity index is 1.64. The lowest BCUT2D eigenvalue weighted by atomic mass is 10.2. The van der Waals surface area contributed by atoms with Gasteiger partial charge in [0.05, 0.1) is 5.56 Å². The van der Waals surface area contributed by atoms with Gasteiger partial charge in [-0.05, 0) is 42.0 Å². The quantitative estimate of drug-likeness (QED) is 0.681. The van der Waals surface area contributed by atoms with E-state index >= 15 is 0 Å². The van der Waals surface area contributed by atoms with E-state index in [1.165, 1.54) is 12.1 Å². The summed E-state index contributed by atoms with van der Waals surface area (Å²) in [5, 5.41) is 0. The maximum atomic E-state index is 13.0. The summed E-state index contributed by atoms with van der Waals surface area (Å²) in [5.74, 6) is -0.909. The molecule has 2 aromatic carbocycles. The Morgan fingerprint density at radius 1 is 0.963 bits per heavy atom. The molecule has 0 aliphatic carbocycles. The van der Waals surface area contributed by atoms with Gasteiger partial charge in [0.2, 0.25) is 0 Å². The van der Waals surface area contributed by atoms with E-state index < -0.39 is 11.8 Å². The number of nitrogens with zero attached hydrogens (tertiary/aromatic N) is 1. The fourth-order valence-corrected chi connectivity index (χ4v) is 2.46. The second-order valence-corrected chi connectivity index (χ2v) is 5.82. The molecule has 1 heterocycles. The van der Waals surface area contributed by atoms with Crippen molar-refractivity contribution >= 4 is 11.8 Å². The smallest absolute Gasteiger partial charge is 0.286 e. The topological polar surface area (TPSA) is 72.4 Å². The van der Waals surface area contributed by atoms with Crippen LogP contribution in [0.1, 0.15) is 26.4 Å². The lowest BCUT2D eigenvalue weighted by Gasteiger charge is -2.12. The highest BCUT2D eigenvalue weighted by atomic mass is 19.1. The van der Waals surface area contributed by atoms with E-state index in [0.717, 1.165) is 5.56 Å². The zero-order valence-corrected chi connectivity index (χ0v) is 14.6. The van der Waals surface area contributed by atoms with Crippen LogP contribution in [0.4, 0.5) is 4.39 Å². The number of rotatable bonds is 5. The Hall–Kier alpha value is -3.61. The number of carbonyl (C=O) groups is 2. The number of benzene rings is 2. The highest BCUT2D eigenvalue weighted by molar-refractivity contribution is 6.00. The van der Waals surface area contributed by atoms with Crippen molar-refractivity contribution in [3.63, 3.8) is 0 Å². The summed E-state index contributed by atoms with van der Waals surface area (Å²) in [7, 11) is 1.73. The van der Waals surface area contributed by atoms with E-state index in [4.69, 9.17) is 4.74 Å². The summed E-state index contributed by atoms with van der Waals surface area (Å²) < 4.78 is 20.3. The van der Waals surface area contributed by atoms with E-state index in [1.807, 2.05) is 0 Å². The number of hydrogen-bond acceptors (Lipinski definition) is 3. The number of ether oxygens (including phenoxy) is 1. The third-order valence-electron chi connectivity index (χ3n) is 3.91. The average molecular weight is 367 g/mol. The normalized spacial score (nSPS) is 10.3. The van der Waals surface area contributed by atoms with Crippen LogP contribution < -0.4 is 15.6 Å². The second kappa shape index (κ2) is 8.18. The van der Waals surface area contributed by atoms with Crippen LogP contribution in [0.15, 0.2) is 66.9 Å². The lowest BCUT2D eigenvalue weighted by molar-refractivity contribution is 0.0839. The van der Waals surface area contributed by atoms with Gasteiger partial charge in [-0.1, -0.05) is 24.3 Å². The van der Waals surface area contributed by atoms with Crippen molar-refractivity contribution in [1.29, 1.82) is 0 Å². The molecule has 3 aromatic rings. The molecule has 2 N–H and O–H groups in total. The van der Waals surface area contributed by atoms with Gasteiger partial charge in [-0.2, -0.15) is 0 Å². The third-order valence-corrected chi connectivity index (χ3v) is 3.91. The Morgan fingerprint density at radius 2 is 1.67 bits per heavy atom. The van der Waals surface area contributed by atoms with E-state index in [1.54, 1.807) is 66.3 Å². The number of aryl methyl sites for hydroxylation is 1. The molecule has 0 spiro atoms. The van der Waals surface area contributed by atoms with Gasteiger partial charge in [0.25, 0.3) is 11.8 Å². The molecule has 6 nitrogen and oxygen atoms in total. The first-order valence-corrected chi connectivity index (χ1v) is 8.23. The summed E-state index contributed by atoms with van der Waals surface area (Å²) >= 11 is 0. The van der Waals surface area contributed by atoms with Gasteiger partial charge in [0.1, 0.15) is 23.9 Å². The van der Waals surface area contributed by atoms with Gasteiger partial charge in [0.15, 0.2) is 0 Å². The monoisotopic (exact) mass is 367 g/mol. The summed E-state index contributed by atoms with van der Waals surface area (Å²) in [5.41, 5.74) is 6.20. The number of carbonyl (C=O) groups excluding carboxylic acids is 2. The van der Waals surface area contributed by atoms with Gasteiger partial charge in [-0.15, -0.1) is 0 Å². The third kappa shape index (κ3) is 4.52. The second-order valence-electron chi connectivity index (χ2n) is 5.82. The molecule has 1 aromatic heterocycles. The molecule has 0 saturated heterocycles. The molecule has 0 saturated carbocycles. The zero-order valence-electron chi connectivity index (χ0n) is 14.6. The van der Waals surface area contributed by atoms with Gasteiger partial charge in [-0.25, -0.2) is 4.39 Å². The Bertz CT molecular complexity index is 951. The molecule has 0 atom stereocenters. The summed E-state index contributed by atoms with van der Waals surface area (Å²) in [6.45, 7) is 0.181. The molecular formula is C20H18FN3O3. The SMILES string of the molecule is Cn1cccc1C(=O)NNC(=O)c1ccccc1OCc1ccc(F)cc1. The zero-order chi connectivity index (χ0) is 19.2. The minimum Gasteiger partial charge on any atom is -0.488 e. The number of aromatic nitrogens is 1. The molecule has 0 bridgehead atoms. The Morgan fingerprint density at radius 3 is 2.37 bits per heavy atom. The molecule has 0 fully saturated rings. The van der Waals surface area contributed by atoms with Gasteiger partial charge < -0.3 is 9.30 Å². The fourth-order valence-electron chi connectivity index (χ4n) is 2.46. The largest absolute Gasteiger partial charge is 0.488 e. The molecule has 7 heteroatoms. The van der Waals surface area contributed by atoms with E-state index in [0.29, 0.717) is 11.4 Å². The van der Waals surface area contributed by atoms with E-state index in [9.17, 15) is 14.0 Å². The maximum absolute atomic E-state index is 13.0. The molecular weight excluding hydrogens is 349 g/mol. The Kier molecular flexibility index (Phi) is 5.51. The molecule has 0 aliphatic heterocycles. The molecule has 138 valence electrons. The maximum Gasteiger partial charge on any atom is 0.286 e. The van der Waals surface area contributed by atoms with Crippen molar-refractivity contribution in [2.75, 3.05) is 0 Å². The summed E-state index contributed by atoms with van der Waals surface area (Å²) in [4.78, 5) is 24.5. The molecule has 2 amide bonds. The van der Waals surface area contributed by atoms with E-state index in [-0.39, 0.29) is 18.0 Å². The van der Waals surface area contributed by atoms with Crippen LogP contribution >= 0.6 is 0 Å². The van der Waals surface area contributed by atoms with Gasteiger partial charge >= 0.3 is 0 Å². The molecule has 27 heavy (non-hydrogen) atoms. The molecule has 0 unspecified atom stereocenters. The van der Waals surface area contributed by atoms with Crippen molar-refractivity contribution < 1.29 is 18.7 Å². The first-order chi connectivity index (χ1) is 13.0. The molecule has 0 aliphatic rings. The van der Waals surface area contributed by atoms with Crippen LogP contribution in [0, 0.1) is 5.82 Å². The predicted octanol–water partition coefficient (Wildman–Crippen LogP) is 2.82. The average Bonchev–Trinajstić information content (AvgIpc) is 3.11. The summed E-state index contributed by atoms with van der Waals surface area (Å²) in [6, 6.07) is 15.9. The van der Waals surface area contributed by atoms with Gasteiger partial charge in [0, 0.05) is 13.2 Å². The van der Waals surface area contributed by atoms with Crippen molar-refractivity contribution in [2.24, 2.45) is 7.05 Å². The van der Waals surface area contributed by atoms with Crippen molar-refractivity contribution in [2.45, 2.75) is 6.61 Å². The first-order valence-electron chi connectivity index (χ1n) is 8.23. The van der Waals surface area contributed by atoms with Crippen LogP contribution in [0.25, 0.3) is 0 Å². The highest BCUT2D eigenvalue weighted by Crippen LogP contribution is 2.19. The Labute approximate surface area is 155 Å². The minimum atomic E-state index is -0.507. The van der Waals surface area contributed by atoms with Crippen LogP contribution in [0.5, 0.6) is 5.75 Å². The van der Waals surface area contributed by atoms with Crippen LogP contribution in [0.3, 0.4) is 0 Å². The van der Waals surface area contributed by atoms with Crippen LogP contribution in [-0.4, -0.2) is 16.4 Å². The molecule has 3 rings (SSSR count). The number of para-hydroxylation sites is 1. The van der Waals surface area contributed by atoms with E-state index in [2.05, 4.69) is 10.9 Å². The summed E-state index contributed by atoms with van der Waals surface area (Å²) in [6.07, 6.45) is 1.73.